The van der Waals surface area contributed by atoms with E-state index in [2.05, 4.69) is 36.1 Å². The zero-order chi connectivity index (χ0) is 22.9. The maximum atomic E-state index is 12.9. The van der Waals surface area contributed by atoms with Crippen LogP contribution >= 0.6 is 0 Å². The third-order valence-corrected chi connectivity index (χ3v) is 7.12. The molecular formula is C26H29N3O2S. The molecule has 1 heterocycles. The van der Waals surface area contributed by atoms with Crippen molar-refractivity contribution in [2.24, 2.45) is 7.05 Å². The maximum Gasteiger partial charge on any atom is 0.261 e. The van der Waals surface area contributed by atoms with Crippen molar-refractivity contribution >= 4 is 26.7 Å². The van der Waals surface area contributed by atoms with Crippen LogP contribution < -0.4 is 4.72 Å². The van der Waals surface area contributed by atoms with Gasteiger partial charge in [-0.1, -0.05) is 57.2 Å². The molecule has 4 aromatic rings. The van der Waals surface area contributed by atoms with Crippen molar-refractivity contribution in [3.8, 4) is 0 Å². The summed E-state index contributed by atoms with van der Waals surface area (Å²) in [5.74, 6) is 1.01. The standard InChI is InChI=1S/C26H29N3O2S/c1-26(2,3)20-13-15-22(16-14-20)32(30,31)28-21-9-7-8-19(18-21)12-17-25-27-23-10-5-6-11-24(23)29(25)4/h5-11,13-16,18,28H,12,17H2,1-4H3. The van der Waals surface area contributed by atoms with Gasteiger partial charge in [-0.3, -0.25) is 4.72 Å². The summed E-state index contributed by atoms with van der Waals surface area (Å²) >= 11 is 0. The molecule has 0 saturated carbocycles. The molecular weight excluding hydrogens is 418 g/mol. The van der Waals surface area contributed by atoms with Crippen molar-refractivity contribution in [2.75, 3.05) is 4.72 Å². The van der Waals surface area contributed by atoms with Crippen LogP contribution in [0.25, 0.3) is 11.0 Å². The molecule has 0 atom stereocenters. The monoisotopic (exact) mass is 447 g/mol. The van der Waals surface area contributed by atoms with Crippen LogP contribution in [-0.4, -0.2) is 18.0 Å². The van der Waals surface area contributed by atoms with E-state index in [4.69, 9.17) is 4.98 Å². The van der Waals surface area contributed by atoms with Crippen molar-refractivity contribution in [1.29, 1.82) is 0 Å². The van der Waals surface area contributed by atoms with E-state index in [0.29, 0.717) is 5.69 Å². The fourth-order valence-electron chi connectivity index (χ4n) is 3.81. The number of hydrogen-bond donors (Lipinski definition) is 1. The van der Waals surface area contributed by atoms with E-state index < -0.39 is 10.0 Å². The number of hydrogen-bond acceptors (Lipinski definition) is 3. The lowest BCUT2D eigenvalue weighted by atomic mass is 9.87. The van der Waals surface area contributed by atoms with Gasteiger partial charge < -0.3 is 4.57 Å². The molecule has 0 saturated heterocycles. The molecule has 6 heteroatoms. The first-order chi connectivity index (χ1) is 15.1. The molecule has 0 bridgehead atoms. The number of para-hydroxylation sites is 2. The lowest BCUT2D eigenvalue weighted by Crippen LogP contribution is -2.15. The number of anilines is 1. The Hall–Kier alpha value is -3.12. The smallest absolute Gasteiger partial charge is 0.261 e. The number of nitrogens with one attached hydrogen (secondary N) is 1. The molecule has 0 unspecified atom stereocenters. The number of aromatic nitrogens is 2. The normalized spacial score (nSPS) is 12.2. The number of aryl methyl sites for hydroxylation is 3. The summed E-state index contributed by atoms with van der Waals surface area (Å²) in [4.78, 5) is 4.98. The second kappa shape index (κ2) is 8.43. The molecule has 0 amide bonds. The van der Waals surface area contributed by atoms with Gasteiger partial charge in [0.2, 0.25) is 0 Å². The molecule has 166 valence electrons. The van der Waals surface area contributed by atoms with Gasteiger partial charge in [0.1, 0.15) is 5.82 Å². The number of sulfonamides is 1. The first-order valence-electron chi connectivity index (χ1n) is 10.8. The molecule has 5 nitrogen and oxygen atoms in total. The molecule has 0 aliphatic rings. The molecule has 0 aliphatic heterocycles. The second-order valence-corrected chi connectivity index (χ2v) is 10.8. The number of fused-ring (bicyclic) bond motifs is 1. The quantitative estimate of drug-likeness (QED) is 0.427. The summed E-state index contributed by atoms with van der Waals surface area (Å²) in [6.45, 7) is 6.32. The highest BCUT2D eigenvalue weighted by Gasteiger charge is 2.18. The van der Waals surface area contributed by atoms with Crippen LogP contribution in [0.3, 0.4) is 0 Å². The van der Waals surface area contributed by atoms with Crippen molar-refractivity contribution in [2.45, 2.75) is 43.9 Å². The van der Waals surface area contributed by atoms with Gasteiger partial charge >= 0.3 is 0 Å². The molecule has 4 rings (SSSR count). The Labute approximate surface area is 190 Å². The molecule has 0 aliphatic carbocycles. The molecule has 32 heavy (non-hydrogen) atoms. The van der Waals surface area contributed by atoms with E-state index >= 15 is 0 Å². The van der Waals surface area contributed by atoms with Crippen LogP contribution in [0.2, 0.25) is 0 Å². The van der Waals surface area contributed by atoms with Gasteiger partial charge in [-0.15, -0.1) is 0 Å². The van der Waals surface area contributed by atoms with Gasteiger partial charge in [-0.25, -0.2) is 13.4 Å². The van der Waals surface area contributed by atoms with Gasteiger partial charge in [-0.05, 0) is 59.4 Å². The molecule has 1 aromatic heterocycles. The highest BCUT2D eigenvalue weighted by Crippen LogP contribution is 2.25. The Morgan fingerprint density at radius 1 is 0.906 bits per heavy atom. The Kier molecular flexibility index (Phi) is 5.82. The third kappa shape index (κ3) is 4.70. The third-order valence-electron chi connectivity index (χ3n) is 5.73. The summed E-state index contributed by atoms with van der Waals surface area (Å²) in [6.07, 6.45) is 1.54. The topological polar surface area (TPSA) is 64.0 Å². The van der Waals surface area contributed by atoms with Crippen LogP contribution in [0.5, 0.6) is 0 Å². The van der Waals surface area contributed by atoms with Gasteiger partial charge in [-0.2, -0.15) is 0 Å². The average molecular weight is 448 g/mol. The predicted octanol–water partition coefficient (Wildman–Crippen LogP) is 5.46. The number of benzene rings is 3. The second-order valence-electron chi connectivity index (χ2n) is 9.16. The minimum Gasteiger partial charge on any atom is -0.331 e. The lowest BCUT2D eigenvalue weighted by Gasteiger charge is -2.19. The van der Waals surface area contributed by atoms with Gasteiger partial charge in [0.25, 0.3) is 10.0 Å². The molecule has 0 fully saturated rings. The van der Waals surface area contributed by atoms with Crippen molar-refractivity contribution in [3.05, 3.63) is 89.7 Å². The Balaban J connectivity index is 1.48. The highest BCUT2D eigenvalue weighted by atomic mass is 32.2. The zero-order valence-corrected chi connectivity index (χ0v) is 19.8. The maximum absolute atomic E-state index is 12.9. The van der Waals surface area contributed by atoms with E-state index in [9.17, 15) is 8.42 Å². The minimum atomic E-state index is -3.65. The summed E-state index contributed by atoms with van der Waals surface area (Å²) < 4.78 is 30.6. The van der Waals surface area contributed by atoms with Gasteiger partial charge in [0.05, 0.1) is 15.9 Å². The Morgan fingerprint density at radius 3 is 2.31 bits per heavy atom. The van der Waals surface area contributed by atoms with E-state index in [0.717, 1.165) is 40.8 Å². The lowest BCUT2D eigenvalue weighted by molar-refractivity contribution is 0.587. The molecule has 3 aromatic carbocycles. The first kappa shape index (κ1) is 22.1. The van der Waals surface area contributed by atoms with Crippen molar-refractivity contribution < 1.29 is 8.42 Å². The van der Waals surface area contributed by atoms with Crippen LogP contribution in [-0.2, 0) is 35.3 Å². The summed E-state index contributed by atoms with van der Waals surface area (Å²) in [5, 5.41) is 0. The Bertz CT molecular complexity index is 1350. The number of rotatable bonds is 6. The minimum absolute atomic E-state index is 0.0247. The van der Waals surface area contributed by atoms with Gasteiger partial charge in [0.15, 0.2) is 0 Å². The fourth-order valence-corrected chi connectivity index (χ4v) is 4.86. The number of imidazole rings is 1. The number of nitrogens with zero attached hydrogens (tertiary/aromatic N) is 2. The summed E-state index contributed by atoms with van der Waals surface area (Å²) in [5.41, 5.74) is 4.79. The van der Waals surface area contributed by atoms with E-state index in [-0.39, 0.29) is 10.3 Å². The zero-order valence-electron chi connectivity index (χ0n) is 19.0. The largest absolute Gasteiger partial charge is 0.331 e. The van der Waals surface area contributed by atoms with E-state index in [1.54, 1.807) is 18.2 Å². The highest BCUT2D eigenvalue weighted by molar-refractivity contribution is 7.92. The van der Waals surface area contributed by atoms with Crippen molar-refractivity contribution in [3.63, 3.8) is 0 Å². The fraction of sp³-hybridized carbons (Fsp3) is 0.269. The Morgan fingerprint density at radius 2 is 1.62 bits per heavy atom. The average Bonchev–Trinajstić information content (AvgIpc) is 3.07. The predicted molar refractivity (Wildman–Crippen MR) is 131 cm³/mol. The van der Waals surface area contributed by atoms with Crippen LogP contribution in [0.15, 0.2) is 77.7 Å². The summed E-state index contributed by atoms with van der Waals surface area (Å²) in [6, 6.07) is 22.7. The molecule has 0 spiro atoms. The molecule has 0 radical (unpaired) electrons. The van der Waals surface area contributed by atoms with Crippen LogP contribution in [0.1, 0.15) is 37.7 Å². The first-order valence-corrected chi connectivity index (χ1v) is 12.2. The van der Waals surface area contributed by atoms with E-state index in [1.807, 2.05) is 55.6 Å². The SMILES string of the molecule is Cn1c(CCc2cccc(NS(=O)(=O)c3ccc(C(C)(C)C)cc3)c2)nc2ccccc21. The van der Waals surface area contributed by atoms with Crippen LogP contribution in [0.4, 0.5) is 5.69 Å². The summed E-state index contributed by atoms with van der Waals surface area (Å²) in [7, 11) is -1.62. The molecule has 1 N–H and O–H groups in total. The van der Waals surface area contributed by atoms with E-state index in [1.165, 1.54) is 0 Å². The van der Waals surface area contributed by atoms with Gasteiger partial charge in [0, 0.05) is 19.2 Å². The van der Waals surface area contributed by atoms with Crippen molar-refractivity contribution in [1.82, 2.24) is 9.55 Å². The van der Waals surface area contributed by atoms with Crippen LogP contribution in [0, 0.1) is 0 Å².